The standard InChI is InChI=1S/C19H25N3OS.HI/c1-14(17-7-10-24-13-17)12-22-19(20-2)21-8-5-15-3-4-18-16(11-15)6-9-23-18;/h3-4,7,10-11,13-14H,5-6,8-9,12H2,1-2H3,(H2,20,21,22);1H. The molecule has 0 amide bonds. The molecular formula is C19H26IN3OS. The van der Waals surface area contributed by atoms with Crippen LogP contribution in [-0.4, -0.2) is 32.7 Å². The highest BCUT2D eigenvalue weighted by Gasteiger charge is 2.12. The lowest BCUT2D eigenvalue weighted by Crippen LogP contribution is -2.39. The van der Waals surface area contributed by atoms with Crippen molar-refractivity contribution in [3.05, 3.63) is 51.7 Å². The van der Waals surface area contributed by atoms with E-state index in [-0.39, 0.29) is 24.0 Å². The molecule has 6 heteroatoms. The Morgan fingerprint density at radius 1 is 1.32 bits per heavy atom. The predicted molar refractivity (Wildman–Crippen MR) is 117 cm³/mol. The number of fused-ring (bicyclic) bond motifs is 1. The number of thiophene rings is 1. The van der Waals surface area contributed by atoms with Crippen molar-refractivity contribution >= 4 is 41.3 Å². The molecule has 0 bridgehead atoms. The van der Waals surface area contributed by atoms with Gasteiger partial charge in [-0.3, -0.25) is 4.99 Å². The first-order valence-corrected chi connectivity index (χ1v) is 9.42. The molecule has 0 spiro atoms. The third-order valence-electron chi connectivity index (χ3n) is 4.37. The minimum Gasteiger partial charge on any atom is -0.493 e. The molecule has 1 aromatic heterocycles. The maximum absolute atomic E-state index is 5.55. The first-order chi connectivity index (χ1) is 11.8. The molecule has 0 fully saturated rings. The van der Waals surface area contributed by atoms with Gasteiger partial charge in [-0.25, -0.2) is 0 Å². The fraction of sp³-hybridized carbons (Fsp3) is 0.421. The highest BCUT2D eigenvalue weighted by atomic mass is 127. The van der Waals surface area contributed by atoms with Crippen molar-refractivity contribution in [2.45, 2.75) is 25.7 Å². The number of halogens is 1. The summed E-state index contributed by atoms with van der Waals surface area (Å²) in [5.41, 5.74) is 4.05. The van der Waals surface area contributed by atoms with Gasteiger partial charge >= 0.3 is 0 Å². The van der Waals surface area contributed by atoms with Crippen molar-refractivity contribution < 1.29 is 4.74 Å². The summed E-state index contributed by atoms with van der Waals surface area (Å²) in [6.45, 7) is 4.80. The van der Waals surface area contributed by atoms with E-state index in [1.165, 1.54) is 16.7 Å². The van der Waals surface area contributed by atoms with E-state index >= 15 is 0 Å². The Balaban J connectivity index is 0.00000225. The summed E-state index contributed by atoms with van der Waals surface area (Å²) in [6, 6.07) is 8.69. The number of nitrogens with zero attached hydrogens (tertiary/aromatic N) is 1. The van der Waals surface area contributed by atoms with Crippen LogP contribution in [0.4, 0.5) is 0 Å². The molecule has 2 aromatic rings. The number of hydrogen-bond acceptors (Lipinski definition) is 3. The maximum Gasteiger partial charge on any atom is 0.191 e. The van der Waals surface area contributed by atoms with Gasteiger partial charge < -0.3 is 15.4 Å². The summed E-state index contributed by atoms with van der Waals surface area (Å²) in [5, 5.41) is 11.1. The van der Waals surface area contributed by atoms with Crippen molar-refractivity contribution in [2.75, 3.05) is 26.7 Å². The molecule has 1 unspecified atom stereocenters. The highest BCUT2D eigenvalue weighted by molar-refractivity contribution is 14.0. The molecule has 3 rings (SSSR count). The number of hydrogen-bond donors (Lipinski definition) is 2. The van der Waals surface area contributed by atoms with Crippen LogP contribution in [0.15, 0.2) is 40.0 Å². The smallest absolute Gasteiger partial charge is 0.191 e. The van der Waals surface area contributed by atoms with Gasteiger partial charge in [-0.1, -0.05) is 19.1 Å². The minimum absolute atomic E-state index is 0. The average molecular weight is 471 g/mol. The Bertz CT molecular complexity index is 688. The van der Waals surface area contributed by atoms with E-state index in [2.05, 4.69) is 57.6 Å². The van der Waals surface area contributed by atoms with Crippen LogP contribution in [-0.2, 0) is 12.8 Å². The molecule has 0 radical (unpaired) electrons. The topological polar surface area (TPSA) is 45.7 Å². The lowest BCUT2D eigenvalue weighted by Gasteiger charge is -2.15. The number of guanidine groups is 1. The molecule has 2 N–H and O–H groups in total. The van der Waals surface area contributed by atoms with Crippen LogP contribution in [0.5, 0.6) is 5.75 Å². The zero-order valence-corrected chi connectivity index (χ0v) is 17.9. The van der Waals surface area contributed by atoms with E-state index in [0.717, 1.165) is 44.2 Å². The summed E-state index contributed by atoms with van der Waals surface area (Å²) in [4.78, 5) is 4.31. The molecule has 2 heterocycles. The highest BCUT2D eigenvalue weighted by Crippen LogP contribution is 2.25. The van der Waals surface area contributed by atoms with Crippen LogP contribution >= 0.6 is 35.3 Å². The normalized spacial score (nSPS) is 14.2. The lowest BCUT2D eigenvalue weighted by molar-refractivity contribution is 0.357. The SMILES string of the molecule is CN=C(NCCc1ccc2c(c1)CCO2)NCC(C)c1ccsc1.I. The molecule has 136 valence electrons. The van der Waals surface area contributed by atoms with Crippen molar-refractivity contribution in [3.8, 4) is 5.75 Å². The average Bonchev–Trinajstić information content (AvgIpc) is 3.28. The van der Waals surface area contributed by atoms with E-state index in [1.807, 2.05) is 7.05 Å². The summed E-state index contributed by atoms with van der Waals surface area (Å²) in [5.74, 6) is 2.39. The van der Waals surface area contributed by atoms with Crippen molar-refractivity contribution in [1.29, 1.82) is 0 Å². The molecule has 0 aliphatic carbocycles. The van der Waals surface area contributed by atoms with Crippen LogP contribution in [0.3, 0.4) is 0 Å². The molecular weight excluding hydrogens is 445 g/mol. The van der Waals surface area contributed by atoms with Gasteiger partial charge in [0.25, 0.3) is 0 Å². The van der Waals surface area contributed by atoms with Gasteiger partial charge in [0.1, 0.15) is 5.75 Å². The zero-order chi connectivity index (χ0) is 16.8. The summed E-state index contributed by atoms with van der Waals surface area (Å²) in [7, 11) is 1.82. The van der Waals surface area contributed by atoms with Gasteiger partial charge in [-0.2, -0.15) is 11.3 Å². The Hall–Kier alpha value is -1.28. The lowest BCUT2D eigenvalue weighted by atomic mass is 10.1. The first-order valence-electron chi connectivity index (χ1n) is 8.47. The van der Waals surface area contributed by atoms with Crippen LogP contribution in [0.25, 0.3) is 0 Å². The fourth-order valence-electron chi connectivity index (χ4n) is 2.86. The fourth-order valence-corrected chi connectivity index (χ4v) is 3.65. The van der Waals surface area contributed by atoms with Gasteiger partial charge in [-0.05, 0) is 51.9 Å². The van der Waals surface area contributed by atoms with Gasteiger partial charge in [0, 0.05) is 26.6 Å². The zero-order valence-electron chi connectivity index (χ0n) is 14.7. The van der Waals surface area contributed by atoms with Gasteiger partial charge in [0.05, 0.1) is 6.61 Å². The molecule has 1 aliphatic heterocycles. The molecule has 4 nitrogen and oxygen atoms in total. The monoisotopic (exact) mass is 471 g/mol. The van der Waals surface area contributed by atoms with Crippen molar-refractivity contribution in [2.24, 2.45) is 4.99 Å². The maximum atomic E-state index is 5.55. The first kappa shape index (κ1) is 20.0. The summed E-state index contributed by atoms with van der Waals surface area (Å²) < 4.78 is 5.55. The Kier molecular flexibility index (Phi) is 8.02. The molecule has 1 aromatic carbocycles. The van der Waals surface area contributed by atoms with E-state index in [9.17, 15) is 0 Å². The molecule has 0 saturated carbocycles. The second kappa shape index (κ2) is 10.0. The Labute approximate surface area is 171 Å². The number of nitrogens with one attached hydrogen (secondary N) is 2. The van der Waals surface area contributed by atoms with Gasteiger partial charge in [0.2, 0.25) is 0 Å². The Morgan fingerprint density at radius 2 is 2.20 bits per heavy atom. The van der Waals surface area contributed by atoms with Crippen LogP contribution < -0.4 is 15.4 Å². The predicted octanol–water partition coefficient (Wildman–Crippen LogP) is 3.81. The van der Waals surface area contributed by atoms with E-state index in [1.54, 1.807) is 11.3 Å². The third-order valence-corrected chi connectivity index (χ3v) is 5.07. The van der Waals surface area contributed by atoms with E-state index < -0.39 is 0 Å². The quantitative estimate of drug-likeness (QED) is 0.383. The van der Waals surface area contributed by atoms with Crippen LogP contribution in [0.1, 0.15) is 29.5 Å². The summed E-state index contributed by atoms with van der Waals surface area (Å²) in [6.07, 6.45) is 2.01. The van der Waals surface area contributed by atoms with Gasteiger partial charge in [-0.15, -0.1) is 24.0 Å². The third kappa shape index (κ3) is 5.60. The summed E-state index contributed by atoms with van der Waals surface area (Å²) >= 11 is 1.75. The number of rotatable bonds is 6. The Morgan fingerprint density at radius 3 is 2.96 bits per heavy atom. The molecule has 1 atom stereocenters. The second-order valence-electron chi connectivity index (χ2n) is 6.13. The van der Waals surface area contributed by atoms with E-state index in [4.69, 9.17) is 4.74 Å². The second-order valence-corrected chi connectivity index (χ2v) is 6.91. The van der Waals surface area contributed by atoms with Crippen molar-refractivity contribution in [1.82, 2.24) is 10.6 Å². The number of benzene rings is 1. The van der Waals surface area contributed by atoms with Gasteiger partial charge in [0.15, 0.2) is 5.96 Å². The van der Waals surface area contributed by atoms with Crippen molar-refractivity contribution in [3.63, 3.8) is 0 Å². The number of ether oxygens (including phenoxy) is 1. The molecule has 1 aliphatic rings. The molecule has 0 saturated heterocycles. The van der Waals surface area contributed by atoms with E-state index in [0.29, 0.717) is 5.92 Å². The molecule has 25 heavy (non-hydrogen) atoms. The van der Waals surface area contributed by atoms with Crippen LogP contribution in [0, 0.1) is 0 Å². The number of aliphatic imine (C=N–C) groups is 1. The van der Waals surface area contributed by atoms with Crippen LogP contribution in [0.2, 0.25) is 0 Å². The minimum atomic E-state index is 0. The largest absolute Gasteiger partial charge is 0.493 e.